The first-order valence-electron chi connectivity index (χ1n) is 11.4. The maximum Gasteiger partial charge on any atom is 0.174 e. The van der Waals surface area contributed by atoms with Gasteiger partial charge in [0.15, 0.2) is 12.4 Å². The maximum absolute atomic E-state index is 6.02. The summed E-state index contributed by atoms with van der Waals surface area (Å²) in [6.45, 7) is 0.314. The van der Waals surface area contributed by atoms with Crippen molar-refractivity contribution < 1.29 is 4.84 Å². The second-order valence-electron chi connectivity index (χ2n) is 8.98. The minimum Gasteiger partial charge on any atom is -0.386 e. The van der Waals surface area contributed by atoms with Crippen LogP contribution in [0, 0.1) is 11.8 Å². The lowest BCUT2D eigenvalue weighted by Crippen LogP contribution is -2.20. The number of nitrogens with two attached hydrogens (primary N) is 1. The summed E-state index contributed by atoms with van der Waals surface area (Å²) in [5, 5.41) is 5.26. The number of nitrogens with one attached hydrogen (secondary N) is 1. The van der Waals surface area contributed by atoms with Crippen LogP contribution in [0.25, 0.3) is 22.1 Å². The van der Waals surface area contributed by atoms with Crippen molar-refractivity contribution in [2.45, 2.75) is 64.0 Å². The molecule has 0 amide bonds. The second-order valence-corrected chi connectivity index (χ2v) is 8.98. The Labute approximate surface area is 182 Å². The van der Waals surface area contributed by atoms with Gasteiger partial charge in [-0.15, -0.1) is 0 Å². The van der Waals surface area contributed by atoms with Crippen LogP contribution in [0.4, 0.5) is 0 Å². The minimum absolute atomic E-state index is 0.314. The molecule has 0 unspecified atom stereocenters. The molecule has 3 aromatic heterocycles. The highest BCUT2D eigenvalue weighted by Gasteiger charge is 2.27. The van der Waals surface area contributed by atoms with Gasteiger partial charge in [0.05, 0.1) is 11.7 Å². The van der Waals surface area contributed by atoms with E-state index in [0.29, 0.717) is 24.4 Å². The lowest BCUT2D eigenvalue weighted by molar-refractivity contribution is 0.118. The molecule has 0 radical (unpaired) electrons. The summed E-state index contributed by atoms with van der Waals surface area (Å²) >= 11 is 0. The van der Waals surface area contributed by atoms with Crippen LogP contribution >= 0.6 is 0 Å². The molecule has 0 saturated heterocycles. The van der Waals surface area contributed by atoms with Gasteiger partial charge in [0.2, 0.25) is 0 Å². The highest BCUT2D eigenvalue weighted by molar-refractivity contribution is 6.01. The Bertz CT molecular complexity index is 1100. The molecule has 0 aromatic carbocycles. The summed E-state index contributed by atoms with van der Waals surface area (Å²) in [5.41, 5.74) is 8.95. The number of amidine groups is 1. The Morgan fingerprint density at radius 1 is 1.26 bits per heavy atom. The third-order valence-corrected chi connectivity index (χ3v) is 6.68. The van der Waals surface area contributed by atoms with Gasteiger partial charge in [0.25, 0.3) is 0 Å². The van der Waals surface area contributed by atoms with Crippen LogP contribution in [0.15, 0.2) is 28.6 Å². The fourth-order valence-corrected chi connectivity index (χ4v) is 4.86. The summed E-state index contributed by atoms with van der Waals surface area (Å²) in [6.07, 6.45) is 14.9. The van der Waals surface area contributed by atoms with Gasteiger partial charge in [0, 0.05) is 31.1 Å². The number of rotatable bonds is 8. The smallest absolute Gasteiger partial charge is 0.174 e. The van der Waals surface area contributed by atoms with E-state index in [2.05, 4.69) is 37.0 Å². The zero-order valence-corrected chi connectivity index (χ0v) is 18.1. The van der Waals surface area contributed by atoms with Crippen molar-refractivity contribution in [2.24, 2.45) is 27.7 Å². The molecule has 8 heteroatoms. The standard InChI is InChI=1S/C23H31N7O/c1-25-10-8-15-4-6-17(7-5-15)30-21(14-31-29-20(24)12-16-2-3-16)28-19-13-27-23-18(22(19)30)9-11-26-23/h9-11,13,15-17H,2-8,12,14H2,1H3,(H2,24,29)(H,26,27). The van der Waals surface area contributed by atoms with E-state index in [1.807, 2.05) is 19.4 Å². The molecular formula is C23H31N7O. The molecule has 2 saturated carbocycles. The number of H-pyrrole nitrogens is 1. The number of hydrogen-bond acceptors (Lipinski definition) is 5. The van der Waals surface area contributed by atoms with E-state index in [-0.39, 0.29) is 0 Å². The molecule has 2 fully saturated rings. The molecule has 3 aromatic rings. The zero-order chi connectivity index (χ0) is 21.2. The van der Waals surface area contributed by atoms with Crippen molar-refractivity contribution in [1.82, 2.24) is 19.5 Å². The molecule has 0 aliphatic heterocycles. The number of aliphatic imine (C=N–C) groups is 1. The summed E-state index contributed by atoms with van der Waals surface area (Å²) in [4.78, 5) is 22.5. The van der Waals surface area contributed by atoms with Gasteiger partial charge in [-0.3, -0.25) is 0 Å². The molecule has 8 nitrogen and oxygen atoms in total. The Kier molecular flexibility index (Phi) is 5.61. The number of fused-ring (bicyclic) bond motifs is 3. The molecule has 164 valence electrons. The summed E-state index contributed by atoms with van der Waals surface area (Å²) in [6, 6.07) is 2.48. The summed E-state index contributed by atoms with van der Waals surface area (Å²) in [5.74, 6) is 2.89. The fourth-order valence-electron chi connectivity index (χ4n) is 4.86. The maximum atomic E-state index is 6.02. The summed E-state index contributed by atoms with van der Waals surface area (Å²) in [7, 11) is 1.85. The van der Waals surface area contributed by atoms with Gasteiger partial charge in [0.1, 0.15) is 17.0 Å². The largest absolute Gasteiger partial charge is 0.386 e. The lowest BCUT2D eigenvalue weighted by atomic mass is 9.84. The Morgan fingerprint density at radius 2 is 2.06 bits per heavy atom. The molecule has 31 heavy (non-hydrogen) atoms. The zero-order valence-electron chi connectivity index (χ0n) is 18.1. The van der Waals surface area contributed by atoms with Gasteiger partial charge in [-0.25, -0.2) is 9.97 Å². The van der Waals surface area contributed by atoms with Crippen molar-refractivity contribution in [3.05, 3.63) is 24.3 Å². The van der Waals surface area contributed by atoms with Crippen LogP contribution in [0.5, 0.6) is 0 Å². The van der Waals surface area contributed by atoms with Crippen LogP contribution in [-0.4, -0.2) is 38.6 Å². The second kappa shape index (κ2) is 8.69. The Hall–Kier alpha value is -2.90. The minimum atomic E-state index is 0.314. The number of pyridine rings is 1. The molecule has 0 spiro atoms. The van der Waals surface area contributed by atoms with E-state index in [9.17, 15) is 0 Å². The fraction of sp³-hybridized carbons (Fsp3) is 0.565. The highest BCUT2D eigenvalue weighted by atomic mass is 16.6. The SMILES string of the molecule is CN=CCC1CCC(n2c(CO/N=C(\N)CC3CC3)nc3cnc4[nH]ccc4c32)CC1. The first kappa shape index (κ1) is 20.0. The lowest BCUT2D eigenvalue weighted by Gasteiger charge is -2.30. The third-order valence-electron chi connectivity index (χ3n) is 6.68. The van der Waals surface area contributed by atoms with E-state index < -0.39 is 0 Å². The van der Waals surface area contributed by atoms with Gasteiger partial charge in [-0.1, -0.05) is 5.16 Å². The van der Waals surface area contributed by atoms with Crippen LogP contribution < -0.4 is 5.73 Å². The van der Waals surface area contributed by atoms with E-state index in [1.165, 1.54) is 25.7 Å². The van der Waals surface area contributed by atoms with Crippen molar-refractivity contribution >= 4 is 34.1 Å². The number of oxime groups is 1. The van der Waals surface area contributed by atoms with Crippen LogP contribution in [0.1, 0.15) is 63.2 Å². The van der Waals surface area contributed by atoms with E-state index in [0.717, 1.165) is 59.5 Å². The number of imidazole rings is 1. The predicted octanol–water partition coefficient (Wildman–Crippen LogP) is 4.32. The first-order chi connectivity index (χ1) is 15.2. The topological polar surface area (TPSA) is 106 Å². The predicted molar refractivity (Wildman–Crippen MR) is 123 cm³/mol. The molecule has 3 heterocycles. The van der Waals surface area contributed by atoms with Crippen molar-refractivity contribution in [2.75, 3.05) is 7.05 Å². The van der Waals surface area contributed by atoms with Gasteiger partial charge < -0.3 is 25.1 Å². The van der Waals surface area contributed by atoms with E-state index in [1.54, 1.807) is 0 Å². The van der Waals surface area contributed by atoms with Crippen molar-refractivity contribution in [1.29, 1.82) is 0 Å². The van der Waals surface area contributed by atoms with Crippen molar-refractivity contribution in [3.63, 3.8) is 0 Å². The van der Waals surface area contributed by atoms with Gasteiger partial charge >= 0.3 is 0 Å². The average Bonchev–Trinajstić information content (AvgIpc) is 3.32. The summed E-state index contributed by atoms with van der Waals surface area (Å²) < 4.78 is 2.38. The monoisotopic (exact) mass is 421 g/mol. The molecule has 0 atom stereocenters. The number of aromatic nitrogens is 4. The Morgan fingerprint density at radius 3 is 2.84 bits per heavy atom. The number of aromatic amines is 1. The van der Waals surface area contributed by atoms with Gasteiger partial charge in [-0.2, -0.15) is 0 Å². The van der Waals surface area contributed by atoms with E-state index >= 15 is 0 Å². The van der Waals surface area contributed by atoms with E-state index in [4.69, 9.17) is 15.6 Å². The molecule has 2 aliphatic carbocycles. The third kappa shape index (κ3) is 4.29. The van der Waals surface area contributed by atoms with Crippen LogP contribution in [-0.2, 0) is 11.4 Å². The first-order valence-corrected chi connectivity index (χ1v) is 11.4. The molecular weight excluding hydrogens is 390 g/mol. The normalized spacial score (nSPS) is 22.7. The van der Waals surface area contributed by atoms with Crippen LogP contribution in [0.3, 0.4) is 0 Å². The van der Waals surface area contributed by atoms with Crippen LogP contribution in [0.2, 0.25) is 0 Å². The molecule has 0 bridgehead atoms. The van der Waals surface area contributed by atoms with Crippen molar-refractivity contribution in [3.8, 4) is 0 Å². The molecule has 3 N–H and O–H groups in total. The molecule has 5 rings (SSSR count). The van der Waals surface area contributed by atoms with Gasteiger partial charge in [-0.05, 0) is 69.1 Å². The quantitative estimate of drug-likeness (QED) is 0.321. The average molecular weight is 422 g/mol. The Balaban J connectivity index is 1.42. The number of hydrogen-bond donors (Lipinski definition) is 2. The number of nitrogens with zero attached hydrogens (tertiary/aromatic N) is 5. The molecule has 2 aliphatic rings. The highest BCUT2D eigenvalue weighted by Crippen LogP contribution is 2.38.